The standard InChI is InChI=1S/C39H47N5O4S/c1-5-6-7-8-9-10-11-27-14-17-31(40-21-27)29-22-41-35(42-23-29)28-15-12-26(13-16-28)20-32(37(46)44-24-30(25-44)38(47)48)43-36(45)33-18-19-34(49-33)39(2,3)4/h12-19,21-23,30,32H,5-11,20,24-25H2,1-4H3,(H,43,45)(H,47,48)/t32-/m0/s1. The molecule has 3 aromatic heterocycles. The van der Waals surface area contributed by atoms with E-state index < -0.39 is 17.9 Å². The first-order chi connectivity index (χ1) is 23.5. The maximum Gasteiger partial charge on any atom is 0.310 e. The number of likely N-dealkylation sites (tertiary alicyclic amines) is 1. The number of rotatable bonds is 15. The molecule has 5 rings (SSSR count). The minimum absolute atomic E-state index is 0.0944. The van der Waals surface area contributed by atoms with Crippen molar-refractivity contribution in [3.05, 3.63) is 88.0 Å². The van der Waals surface area contributed by atoms with Crippen LogP contribution in [-0.2, 0) is 27.8 Å². The van der Waals surface area contributed by atoms with Crippen molar-refractivity contribution in [1.29, 1.82) is 0 Å². The van der Waals surface area contributed by atoms with Crippen molar-refractivity contribution in [1.82, 2.24) is 25.2 Å². The number of pyridine rings is 1. The summed E-state index contributed by atoms with van der Waals surface area (Å²) in [7, 11) is 0. The summed E-state index contributed by atoms with van der Waals surface area (Å²) < 4.78 is 0. The van der Waals surface area contributed by atoms with Gasteiger partial charge >= 0.3 is 5.97 Å². The Bertz CT molecular complexity index is 1710. The van der Waals surface area contributed by atoms with E-state index in [0.29, 0.717) is 10.7 Å². The summed E-state index contributed by atoms with van der Waals surface area (Å²) in [6.07, 6.45) is 14.5. The van der Waals surface area contributed by atoms with Crippen LogP contribution in [-0.4, -0.2) is 61.9 Å². The van der Waals surface area contributed by atoms with Crippen LogP contribution in [0, 0.1) is 5.92 Å². The number of aliphatic carboxylic acids is 1. The Kier molecular flexibility index (Phi) is 11.9. The van der Waals surface area contributed by atoms with E-state index >= 15 is 0 Å². The number of nitrogens with one attached hydrogen (secondary N) is 1. The second kappa shape index (κ2) is 16.3. The molecule has 4 heterocycles. The highest BCUT2D eigenvalue weighted by molar-refractivity contribution is 7.14. The average molecular weight is 682 g/mol. The number of carboxylic acids is 1. The lowest BCUT2D eigenvalue weighted by molar-refractivity contribution is -0.153. The lowest BCUT2D eigenvalue weighted by atomic mass is 9.95. The molecule has 4 aromatic rings. The summed E-state index contributed by atoms with van der Waals surface area (Å²) in [4.78, 5) is 55.0. The van der Waals surface area contributed by atoms with Gasteiger partial charge in [0.25, 0.3) is 5.91 Å². The molecular formula is C39H47N5O4S. The van der Waals surface area contributed by atoms with Crippen LogP contribution in [0.5, 0.6) is 0 Å². The van der Waals surface area contributed by atoms with E-state index in [0.717, 1.165) is 33.7 Å². The van der Waals surface area contributed by atoms with E-state index in [1.807, 2.05) is 42.6 Å². The molecule has 10 heteroatoms. The SMILES string of the molecule is CCCCCCCCc1ccc(-c2cnc(-c3ccc(C[C@H](NC(=O)c4ccc(C(C)(C)C)s4)C(=O)N4CC(C(=O)O)C4)cc3)nc2)nc1. The number of carboxylic acid groups (broad SMARTS) is 1. The van der Waals surface area contributed by atoms with Crippen LogP contribution in [0.2, 0.25) is 0 Å². The Balaban J connectivity index is 1.21. The Morgan fingerprint density at radius 2 is 1.53 bits per heavy atom. The zero-order chi connectivity index (χ0) is 35.0. The lowest BCUT2D eigenvalue weighted by Gasteiger charge is -2.38. The van der Waals surface area contributed by atoms with Gasteiger partial charge in [0, 0.05) is 54.1 Å². The molecule has 1 fully saturated rings. The molecule has 0 aliphatic carbocycles. The maximum absolute atomic E-state index is 13.5. The molecule has 1 atom stereocenters. The zero-order valence-corrected chi connectivity index (χ0v) is 29.8. The topological polar surface area (TPSA) is 125 Å². The van der Waals surface area contributed by atoms with E-state index in [-0.39, 0.29) is 36.7 Å². The molecular weight excluding hydrogens is 635 g/mol. The van der Waals surface area contributed by atoms with Crippen LogP contribution in [0.4, 0.5) is 0 Å². The van der Waals surface area contributed by atoms with Gasteiger partial charge in [-0.3, -0.25) is 19.4 Å². The molecule has 0 unspecified atom stereocenters. The summed E-state index contributed by atoms with van der Waals surface area (Å²) in [5.41, 5.74) is 4.50. The van der Waals surface area contributed by atoms with Crippen LogP contribution < -0.4 is 5.32 Å². The summed E-state index contributed by atoms with van der Waals surface area (Å²) in [6, 6.07) is 14.7. The minimum Gasteiger partial charge on any atom is -0.481 e. The van der Waals surface area contributed by atoms with Gasteiger partial charge in [-0.1, -0.05) is 90.1 Å². The maximum atomic E-state index is 13.5. The summed E-state index contributed by atoms with van der Waals surface area (Å²) in [5.74, 6) is -1.53. The quantitative estimate of drug-likeness (QED) is 0.126. The second-order valence-corrected chi connectivity index (χ2v) is 15.1. The van der Waals surface area contributed by atoms with Crippen molar-refractivity contribution in [3.63, 3.8) is 0 Å². The number of benzene rings is 1. The van der Waals surface area contributed by atoms with Crippen LogP contribution in [0.3, 0.4) is 0 Å². The highest BCUT2D eigenvalue weighted by Crippen LogP contribution is 2.30. The van der Waals surface area contributed by atoms with E-state index in [4.69, 9.17) is 0 Å². The van der Waals surface area contributed by atoms with E-state index in [1.54, 1.807) is 18.5 Å². The first-order valence-electron chi connectivity index (χ1n) is 17.3. The normalized spacial score (nSPS) is 13.9. The molecule has 9 nitrogen and oxygen atoms in total. The van der Waals surface area contributed by atoms with E-state index in [2.05, 4.69) is 54.0 Å². The number of nitrogens with zero attached hydrogens (tertiary/aromatic N) is 4. The smallest absolute Gasteiger partial charge is 0.310 e. The number of thiophene rings is 1. The molecule has 0 radical (unpaired) electrons. The van der Waals surface area contributed by atoms with Crippen LogP contribution in [0.15, 0.2) is 67.1 Å². The molecule has 0 spiro atoms. The van der Waals surface area contributed by atoms with Crippen LogP contribution in [0.1, 0.15) is 91.9 Å². The zero-order valence-electron chi connectivity index (χ0n) is 28.9. The number of hydrogen-bond acceptors (Lipinski definition) is 7. The number of carbonyl (C=O) groups excluding carboxylic acids is 2. The Morgan fingerprint density at radius 1 is 0.857 bits per heavy atom. The van der Waals surface area contributed by atoms with Crippen molar-refractivity contribution in [3.8, 4) is 22.6 Å². The van der Waals surface area contributed by atoms with Gasteiger partial charge in [-0.05, 0) is 47.6 Å². The fourth-order valence-electron chi connectivity index (χ4n) is 5.82. The van der Waals surface area contributed by atoms with Crippen molar-refractivity contribution >= 4 is 29.1 Å². The largest absolute Gasteiger partial charge is 0.481 e. The molecule has 0 saturated carbocycles. The third-order valence-corrected chi connectivity index (χ3v) is 10.5. The van der Waals surface area contributed by atoms with Crippen LogP contribution >= 0.6 is 11.3 Å². The van der Waals surface area contributed by atoms with Gasteiger partial charge in [0.15, 0.2) is 5.82 Å². The molecule has 1 aromatic carbocycles. The number of aryl methyl sites for hydroxylation is 1. The number of unbranched alkanes of at least 4 members (excludes halogenated alkanes) is 5. The second-order valence-electron chi connectivity index (χ2n) is 14.0. The minimum atomic E-state index is -0.920. The average Bonchev–Trinajstić information content (AvgIpc) is 3.58. The molecule has 2 N–H and O–H groups in total. The summed E-state index contributed by atoms with van der Waals surface area (Å²) in [5, 5.41) is 12.2. The van der Waals surface area contributed by atoms with Crippen molar-refractivity contribution in [2.24, 2.45) is 5.92 Å². The highest BCUT2D eigenvalue weighted by Gasteiger charge is 2.39. The predicted molar refractivity (Wildman–Crippen MR) is 193 cm³/mol. The van der Waals surface area contributed by atoms with Crippen molar-refractivity contribution < 1.29 is 19.5 Å². The molecule has 2 amide bonds. The van der Waals surface area contributed by atoms with Gasteiger partial charge < -0.3 is 15.3 Å². The number of carbonyl (C=O) groups is 3. The number of amides is 2. The molecule has 258 valence electrons. The Labute approximate surface area is 293 Å². The van der Waals surface area contributed by atoms with Gasteiger partial charge in [0.2, 0.25) is 5.91 Å². The Morgan fingerprint density at radius 3 is 2.14 bits per heavy atom. The predicted octanol–water partition coefficient (Wildman–Crippen LogP) is 7.35. The fourth-order valence-corrected chi connectivity index (χ4v) is 6.78. The Hall–Kier alpha value is -4.44. The van der Waals surface area contributed by atoms with Crippen molar-refractivity contribution in [2.75, 3.05) is 13.1 Å². The molecule has 1 aliphatic heterocycles. The molecule has 49 heavy (non-hydrogen) atoms. The van der Waals surface area contributed by atoms with E-state index in [1.165, 1.54) is 60.3 Å². The fraction of sp³-hybridized carbons (Fsp3) is 0.436. The number of hydrogen-bond donors (Lipinski definition) is 2. The molecule has 0 bridgehead atoms. The third kappa shape index (κ3) is 9.59. The lowest BCUT2D eigenvalue weighted by Crippen LogP contribution is -2.59. The monoisotopic (exact) mass is 681 g/mol. The first-order valence-corrected chi connectivity index (χ1v) is 18.1. The van der Waals surface area contributed by atoms with Gasteiger partial charge in [0.05, 0.1) is 16.5 Å². The highest BCUT2D eigenvalue weighted by atomic mass is 32.1. The van der Waals surface area contributed by atoms with Crippen LogP contribution in [0.25, 0.3) is 22.6 Å². The van der Waals surface area contributed by atoms with Gasteiger partial charge in [0.1, 0.15) is 6.04 Å². The summed E-state index contributed by atoms with van der Waals surface area (Å²) in [6.45, 7) is 8.78. The summed E-state index contributed by atoms with van der Waals surface area (Å²) >= 11 is 1.41. The van der Waals surface area contributed by atoms with E-state index in [9.17, 15) is 19.5 Å². The molecule has 1 aliphatic rings. The number of aromatic nitrogens is 3. The first kappa shape index (κ1) is 35.9. The van der Waals surface area contributed by atoms with Gasteiger partial charge in [-0.15, -0.1) is 11.3 Å². The third-order valence-electron chi connectivity index (χ3n) is 8.96. The van der Waals surface area contributed by atoms with Gasteiger partial charge in [-0.2, -0.15) is 0 Å². The van der Waals surface area contributed by atoms with Crippen molar-refractivity contribution in [2.45, 2.75) is 90.5 Å². The molecule has 1 saturated heterocycles. The van der Waals surface area contributed by atoms with Gasteiger partial charge in [-0.25, -0.2) is 9.97 Å².